The molecule has 0 aliphatic heterocycles. The number of aliphatic carboxylic acids is 2. The molecule has 0 aliphatic rings. The van der Waals surface area contributed by atoms with Crippen LogP contribution in [0.5, 0.6) is 0 Å². The van der Waals surface area contributed by atoms with Crippen LogP contribution in [0.2, 0.25) is 0 Å². The van der Waals surface area contributed by atoms with Gasteiger partial charge in [0.2, 0.25) is 17.7 Å². The van der Waals surface area contributed by atoms with Gasteiger partial charge in [-0.05, 0) is 65.1 Å². The zero-order valence-electron chi connectivity index (χ0n) is 61.8. The number of carboxylic acids is 2. The minimum atomic E-state index is -1.95. The number of carbonyl (C=O) groups excluding carboxylic acids is 11. The molecule has 103 heavy (non-hydrogen) atoms. The van der Waals surface area contributed by atoms with E-state index >= 15 is 0 Å². The van der Waals surface area contributed by atoms with E-state index in [0.717, 1.165) is 56.5 Å². The molecule has 0 heterocycles. The first kappa shape index (κ1) is 107. The maximum atomic E-state index is 13.9. The molecule has 0 aromatic rings. The fraction of sp³-hybridized carbons (Fsp3) is 0.797. The second-order valence-electron chi connectivity index (χ2n) is 24.9. The summed E-state index contributed by atoms with van der Waals surface area (Å²) in [5, 5.41) is 35.2. The SMILES string of the molecule is CC(=O)[C@H](CCCCNC(=O)COCCOCCNC(=O)COCCOCCCC(=O)CC[C@H](NC(=O)CCCCCCCCCCCCCCCCC(=O)O)C(=O)O)P(N)C(=O)[C@H](CSSC[C@H](C)C(=O)CO)CC(=O)[C@@H](C)CSSC[C@H](C)C(=O)S.CC(=O)[CH-]CSSC[C@H](C)C(C)=O.[HH].[HH].[HH].[HH].[HH].[HH].[HH].[NH2-].[V+2]. The van der Waals surface area contributed by atoms with E-state index < -0.39 is 50.2 Å². The van der Waals surface area contributed by atoms with Crippen molar-refractivity contribution in [3.05, 3.63) is 12.6 Å². The third-order valence-electron chi connectivity index (χ3n) is 15.6. The van der Waals surface area contributed by atoms with Gasteiger partial charge < -0.3 is 73.1 Å². The van der Waals surface area contributed by atoms with Gasteiger partial charge in [0.15, 0.2) is 16.4 Å². The van der Waals surface area contributed by atoms with Crippen LogP contribution < -0.4 is 21.5 Å². The molecule has 10 N–H and O–H groups in total. The number of aliphatic hydroxyl groups excluding tert-OH is 1. The van der Waals surface area contributed by atoms with Crippen molar-refractivity contribution in [2.45, 2.75) is 214 Å². The van der Waals surface area contributed by atoms with Crippen LogP contribution in [0.4, 0.5) is 0 Å². The van der Waals surface area contributed by atoms with Crippen molar-refractivity contribution in [1.29, 1.82) is 0 Å². The standard InChI is InChI=1S/C60H105N4O18PS5.C9H15O2S2.H2N.V.7H2/c1-44(40-85-87-42-46(3)60(78)84)51(68)36-48(43-88-86-41-45(2)52(69)37-65)59(77)83(61)53(47(4)66)23-19-20-28-62-55(71)38-82-35-33-80-31-29-63-56(72)39-81-34-32-79-30-21-22-49(67)26-27-50(58(75)76)64-54(70)24-17-15-13-11-9-7-5-6-8-10-12-14-16-18-25-57(73)74;1-7(9(3)11)6-13-12-5-4-8(2)10;;;;;;;;;/h44-46,48,50,53,65H,5-43,61H2,1-4H3,(H,62,71)(H,63,72)(H,64,70)(H,73,74)(H,75,76)(H,78,84);4,7H,5-6H2,1-3H3;1H2;;7*1H/q;2*-1;+2;;;;;;;/t44-,45-,46-,48-,50-,53-,83?;7-;;;;;;;;;/m00........./s1. The topological polar surface area (TPSA) is 415 Å². The second kappa shape index (κ2) is 72.6. The van der Waals surface area contributed by atoms with Crippen LogP contribution >= 0.6 is 85.5 Å². The molecule has 3 amide bonds. The molecular weight excluding hydrogens is 1530 g/mol. The van der Waals surface area contributed by atoms with E-state index in [1.807, 2.05) is 6.92 Å². The zero-order valence-corrected chi connectivity index (χ0v) is 69.9. The van der Waals surface area contributed by atoms with E-state index in [2.05, 4.69) is 28.6 Å². The number of ketones is 6. The van der Waals surface area contributed by atoms with Crippen LogP contribution in [-0.4, -0.2) is 209 Å². The Labute approximate surface area is 666 Å². The number of thiol groups is 1. The van der Waals surface area contributed by atoms with Gasteiger partial charge in [-0.15, -0.1) is 29.2 Å². The molecule has 0 aromatic heterocycles. The Kier molecular flexibility index (Phi) is 75.5. The summed E-state index contributed by atoms with van der Waals surface area (Å²) < 4.78 is 21.7. The molecule has 0 aromatic carbocycles. The zero-order chi connectivity index (χ0) is 76.0. The Balaban J connectivity index is -0.000000449. The van der Waals surface area contributed by atoms with Gasteiger partial charge in [0.05, 0.1) is 38.7 Å². The van der Waals surface area contributed by atoms with Crippen LogP contribution in [0, 0.1) is 36.0 Å². The van der Waals surface area contributed by atoms with Crippen LogP contribution in [0.15, 0.2) is 0 Å². The average molecular weight is 1660 g/mol. The van der Waals surface area contributed by atoms with Crippen LogP contribution in [0.1, 0.15) is 213 Å². The van der Waals surface area contributed by atoms with Gasteiger partial charge in [0.25, 0.3) is 0 Å². The van der Waals surface area contributed by atoms with Gasteiger partial charge in [0, 0.05) is 128 Å². The minimum absolute atomic E-state index is 0. The number of ether oxygens (including phenoxy) is 4. The summed E-state index contributed by atoms with van der Waals surface area (Å²) in [4.78, 5) is 156. The number of unbranched alkanes of at least 4 members (excludes halogenated alkanes) is 14. The number of hydrogen-bond donors (Lipinski definition) is 8. The molecule has 0 spiro atoms. The largest absolute Gasteiger partial charge is 2.00 e. The quantitative estimate of drug-likeness (QED) is 0.00921. The Morgan fingerprint density at radius 3 is 1.47 bits per heavy atom. The Bertz CT molecular complexity index is 2430. The average Bonchev–Trinajstić information content (AvgIpc) is 0.852. The molecule has 0 bridgehead atoms. The Morgan fingerprint density at radius 2 is 0.971 bits per heavy atom. The number of rotatable bonds is 71. The van der Waals surface area contributed by atoms with E-state index in [9.17, 15) is 72.5 Å². The van der Waals surface area contributed by atoms with Gasteiger partial charge >= 0.3 is 30.5 Å². The van der Waals surface area contributed by atoms with Crippen LogP contribution in [-0.2, 0) is 99.8 Å². The second-order valence-corrected chi connectivity index (χ2v) is 34.9. The van der Waals surface area contributed by atoms with Crippen molar-refractivity contribution >= 4 is 160 Å². The molecule has 0 fully saturated rings. The smallest absolute Gasteiger partial charge is 0.693 e. The molecule has 8 atom stereocenters. The summed E-state index contributed by atoms with van der Waals surface area (Å²) in [7, 11) is 6.97. The predicted molar refractivity (Wildman–Crippen MR) is 435 cm³/mol. The van der Waals surface area contributed by atoms with E-state index in [1.54, 1.807) is 62.6 Å². The third kappa shape index (κ3) is 66.5. The number of hydrogen-bond acceptors (Lipinski definition) is 25. The van der Waals surface area contributed by atoms with E-state index in [0.29, 0.717) is 55.9 Å². The maximum Gasteiger partial charge on any atom is 2.00 e. The number of carboxylic acid groups (broad SMARTS) is 2. The van der Waals surface area contributed by atoms with E-state index in [4.69, 9.17) is 29.6 Å². The minimum Gasteiger partial charge on any atom is -0.693 e. The van der Waals surface area contributed by atoms with Crippen molar-refractivity contribution in [2.75, 3.05) is 107 Å². The van der Waals surface area contributed by atoms with Crippen molar-refractivity contribution in [2.24, 2.45) is 35.1 Å². The van der Waals surface area contributed by atoms with Gasteiger partial charge in [-0.3, -0.25) is 52.7 Å². The summed E-state index contributed by atoms with van der Waals surface area (Å²) in [6.45, 7) is 12.5. The molecule has 0 aliphatic carbocycles. The molecule has 0 saturated heterocycles. The first-order chi connectivity index (χ1) is 48.1. The summed E-state index contributed by atoms with van der Waals surface area (Å²) in [5.41, 5.74) is 5.49. The van der Waals surface area contributed by atoms with E-state index in [-0.39, 0.29) is 219 Å². The molecular formula is C69H136N5O20PS7V. The molecule has 34 heteroatoms. The van der Waals surface area contributed by atoms with E-state index in [1.165, 1.54) is 88.6 Å². The number of nitrogens with one attached hydrogen (secondary N) is 3. The molecule has 1 radical (unpaired) electrons. The number of aliphatic hydroxyl groups is 1. The first-order valence-electron chi connectivity index (χ1n) is 35.3. The molecule has 0 saturated carbocycles. The van der Waals surface area contributed by atoms with Crippen molar-refractivity contribution in [3.8, 4) is 0 Å². The van der Waals surface area contributed by atoms with Gasteiger partial charge in [-0.1, -0.05) is 165 Å². The molecule has 1 unspecified atom stereocenters. The fourth-order valence-corrected chi connectivity index (χ4v) is 18.7. The summed E-state index contributed by atoms with van der Waals surface area (Å²) in [6.07, 6.45) is 19.0. The Hall–Kier alpha value is -2.24. The Morgan fingerprint density at radius 1 is 0.505 bits per heavy atom. The van der Waals surface area contributed by atoms with Crippen LogP contribution in [0.3, 0.4) is 0 Å². The predicted octanol–water partition coefficient (Wildman–Crippen LogP) is 13.4. The number of Topliss-reactive ketones (excluding diaryl/α,β-unsaturated/α-hetero) is 6. The van der Waals surface area contributed by atoms with Crippen molar-refractivity contribution < 1.29 is 125 Å². The normalized spacial score (nSPS) is 13.3. The summed E-state index contributed by atoms with van der Waals surface area (Å²) >= 11 is 3.87. The monoisotopic (exact) mass is 1660 g/mol. The van der Waals surface area contributed by atoms with Gasteiger partial charge in [-0.2, -0.15) is 0 Å². The fourth-order valence-electron chi connectivity index (χ4n) is 8.86. The maximum absolute atomic E-state index is 13.9. The van der Waals surface area contributed by atoms with Gasteiger partial charge in [0.1, 0.15) is 49.0 Å². The summed E-state index contributed by atoms with van der Waals surface area (Å²) in [6, 6.07) is -1.13. The van der Waals surface area contributed by atoms with Gasteiger partial charge in [-0.25, -0.2) is 4.79 Å². The molecule has 0 rings (SSSR count). The summed E-state index contributed by atoms with van der Waals surface area (Å²) in [5.74, 6) is -1.74. The number of carbonyl (C=O) groups is 13. The van der Waals surface area contributed by atoms with Crippen molar-refractivity contribution in [3.63, 3.8) is 0 Å². The third-order valence-corrected chi connectivity index (χ3v) is 26.0. The van der Waals surface area contributed by atoms with Crippen LogP contribution in [0.25, 0.3) is 6.15 Å². The van der Waals surface area contributed by atoms with Crippen molar-refractivity contribution in [1.82, 2.24) is 16.0 Å². The number of amides is 3. The number of nitrogens with two attached hydrogens (primary N) is 2. The first-order valence-corrected chi connectivity index (χ1v) is 44.7. The molecule has 25 nitrogen and oxygen atoms in total. The molecule has 609 valence electrons.